The van der Waals surface area contributed by atoms with Crippen LogP contribution in [0, 0.1) is 0 Å². The Morgan fingerprint density at radius 2 is 1.89 bits per heavy atom. The zero-order chi connectivity index (χ0) is 13.6. The van der Waals surface area contributed by atoms with Crippen molar-refractivity contribution in [2.45, 2.75) is 19.0 Å². The SMILES string of the molecule is O=C1CCc2c1cccc2-c1cnc(C(F)(F)F)s1. The lowest BCUT2D eigenvalue weighted by molar-refractivity contribution is -0.137. The number of Topliss-reactive ketones (excluding diaryl/α,β-unsaturated/α-hetero) is 1. The molecule has 6 heteroatoms. The van der Waals surface area contributed by atoms with E-state index in [1.165, 1.54) is 6.20 Å². The molecule has 1 heterocycles. The van der Waals surface area contributed by atoms with Crippen molar-refractivity contribution in [3.05, 3.63) is 40.5 Å². The fourth-order valence-electron chi connectivity index (χ4n) is 2.25. The molecule has 0 amide bonds. The first-order chi connectivity index (χ1) is 8.97. The van der Waals surface area contributed by atoms with E-state index >= 15 is 0 Å². The van der Waals surface area contributed by atoms with Crippen LogP contribution in [-0.4, -0.2) is 10.8 Å². The lowest BCUT2D eigenvalue weighted by atomic mass is 10.0. The van der Waals surface area contributed by atoms with Gasteiger partial charge in [0.1, 0.15) is 0 Å². The van der Waals surface area contributed by atoms with Gasteiger partial charge in [-0.25, -0.2) is 4.98 Å². The van der Waals surface area contributed by atoms with Crippen LogP contribution in [0.1, 0.15) is 27.3 Å². The predicted molar refractivity (Wildman–Crippen MR) is 65.2 cm³/mol. The van der Waals surface area contributed by atoms with E-state index in [0.717, 1.165) is 5.56 Å². The molecule has 0 saturated heterocycles. The highest BCUT2D eigenvalue weighted by molar-refractivity contribution is 7.15. The van der Waals surface area contributed by atoms with Crippen molar-refractivity contribution in [1.82, 2.24) is 4.98 Å². The lowest BCUT2D eigenvalue weighted by Crippen LogP contribution is -2.02. The molecule has 0 unspecified atom stereocenters. The van der Waals surface area contributed by atoms with Gasteiger partial charge in [0.15, 0.2) is 10.8 Å². The molecule has 1 aromatic carbocycles. The highest BCUT2D eigenvalue weighted by Gasteiger charge is 2.35. The first-order valence-electron chi connectivity index (χ1n) is 5.65. The van der Waals surface area contributed by atoms with Crippen LogP contribution in [0.5, 0.6) is 0 Å². The minimum atomic E-state index is -4.42. The number of rotatable bonds is 1. The van der Waals surface area contributed by atoms with E-state index in [-0.39, 0.29) is 5.78 Å². The van der Waals surface area contributed by atoms with Crippen LogP contribution in [0.4, 0.5) is 13.2 Å². The molecular formula is C13H8F3NOS. The van der Waals surface area contributed by atoms with Gasteiger partial charge in [0.05, 0.1) is 4.88 Å². The van der Waals surface area contributed by atoms with Gasteiger partial charge in [0.25, 0.3) is 0 Å². The summed E-state index contributed by atoms with van der Waals surface area (Å²) in [5, 5.41) is -0.857. The first kappa shape index (κ1) is 12.3. The second-order valence-electron chi connectivity index (χ2n) is 4.28. The van der Waals surface area contributed by atoms with Crippen LogP contribution in [0.2, 0.25) is 0 Å². The summed E-state index contributed by atoms with van der Waals surface area (Å²) in [7, 11) is 0. The second-order valence-corrected chi connectivity index (χ2v) is 5.31. The van der Waals surface area contributed by atoms with E-state index in [1.54, 1.807) is 18.2 Å². The summed E-state index contributed by atoms with van der Waals surface area (Å²) in [5.74, 6) is 0.0532. The van der Waals surface area contributed by atoms with Crippen molar-refractivity contribution in [1.29, 1.82) is 0 Å². The Labute approximate surface area is 110 Å². The number of benzene rings is 1. The molecule has 0 atom stereocenters. The number of hydrogen-bond acceptors (Lipinski definition) is 3. The van der Waals surface area contributed by atoms with Crippen LogP contribution < -0.4 is 0 Å². The molecular weight excluding hydrogens is 275 g/mol. The largest absolute Gasteiger partial charge is 0.443 e. The van der Waals surface area contributed by atoms with Crippen molar-refractivity contribution in [2.24, 2.45) is 0 Å². The summed E-state index contributed by atoms with van der Waals surface area (Å²) >= 11 is 0.613. The van der Waals surface area contributed by atoms with Gasteiger partial charge >= 0.3 is 6.18 Å². The van der Waals surface area contributed by atoms with Crippen molar-refractivity contribution in [2.75, 3.05) is 0 Å². The summed E-state index contributed by atoms with van der Waals surface area (Å²) in [5.41, 5.74) is 2.15. The molecule has 0 aliphatic heterocycles. The van der Waals surface area contributed by atoms with Gasteiger partial charge in [0, 0.05) is 18.2 Å². The standard InChI is InChI=1S/C13H8F3NOS/c14-13(15,16)12-17-6-11(19-12)9-3-1-2-8-7(9)4-5-10(8)18/h1-3,6H,4-5H2. The lowest BCUT2D eigenvalue weighted by Gasteiger charge is -2.04. The molecule has 3 rings (SSSR count). The average molecular weight is 283 g/mol. The Morgan fingerprint density at radius 3 is 2.58 bits per heavy atom. The van der Waals surface area contributed by atoms with E-state index in [0.29, 0.717) is 40.2 Å². The molecule has 2 nitrogen and oxygen atoms in total. The fraction of sp³-hybridized carbons (Fsp3) is 0.231. The number of carbonyl (C=O) groups is 1. The molecule has 1 aliphatic carbocycles. The molecule has 1 aromatic heterocycles. The summed E-state index contributed by atoms with van der Waals surface area (Å²) in [6.07, 6.45) is -2.18. The third-order valence-corrected chi connectivity index (χ3v) is 4.17. The Kier molecular flexibility index (Phi) is 2.70. The molecule has 0 spiro atoms. The number of fused-ring (bicyclic) bond motifs is 1. The molecule has 0 radical (unpaired) electrons. The van der Waals surface area contributed by atoms with Crippen LogP contribution in [0.25, 0.3) is 10.4 Å². The summed E-state index contributed by atoms with van der Waals surface area (Å²) in [6.45, 7) is 0. The zero-order valence-corrected chi connectivity index (χ0v) is 10.4. The Morgan fingerprint density at radius 1 is 1.16 bits per heavy atom. The summed E-state index contributed by atoms with van der Waals surface area (Å²) in [4.78, 5) is 15.5. The maximum absolute atomic E-state index is 12.5. The van der Waals surface area contributed by atoms with Gasteiger partial charge in [-0.1, -0.05) is 18.2 Å². The van der Waals surface area contributed by atoms with Crippen LogP contribution in [-0.2, 0) is 12.6 Å². The molecule has 19 heavy (non-hydrogen) atoms. The number of ketones is 1. The quantitative estimate of drug-likeness (QED) is 0.793. The number of thiazole rings is 1. The van der Waals surface area contributed by atoms with Gasteiger partial charge in [-0.05, 0) is 17.5 Å². The molecule has 0 bridgehead atoms. The summed E-state index contributed by atoms with van der Waals surface area (Å²) in [6, 6.07) is 5.16. The van der Waals surface area contributed by atoms with Crippen LogP contribution in [0.15, 0.2) is 24.4 Å². The number of halogens is 3. The molecule has 1 aliphatic rings. The van der Waals surface area contributed by atoms with E-state index in [9.17, 15) is 18.0 Å². The van der Waals surface area contributed by atoms with Crippen molar-refractivity contribution < 1.29 is 18.0 Å². The number of aromatic nitrogens is 1. The summed E-state index contributed by atoms with van der Waals surface area (Å²) < 4.78 is 37.6. The third-order valence-electron chi connectivity index (χ3n) is 3.09. The van der Waals surface area contributed by atoms with Crippen LogP contribution in [0.3, 0.4) is 0 Å². The number of nitrogens with zero attached hydrogens (tertiary/aromatic N) is 1. The topological polar surface area (TPSA) is 30.0 Å². The normalized spacial score (nSPS) is 14.8. The number of hydrogen-bond donors (Lipinski definition) is 0. The van der Waals surface area contributed by atoms with Gasteiger partial charge < -0.3 is 0 Å². The Hall–Kier alpha value is -1.69. The maximum atomic E-state index is 12.5. The van der Waals surface area contributed by atoms with Crippen molar-refractivity contribution in [3.8, 4) is 10.4 Å². The monoisotopic (exact) mass is 283 g/mol. The molecule has 0 N–H and O–H groups in total. The third kappa shape index (κ3) is 2.06. The second kappa shape index (κ2) is 4.16. The molecule has 0 fully saturated rings. The van der Waals surface area contributed by atoms with Crippen molar-refractivity contribution in [3.63, 3.8) is 0 Å². The van der Waals surface area contributed by atoms with Crippen molar-refractivity contribution >= 4 is 17.1 Å². The van der Waals surface area contributed by atoms with Crippen LogP contribution >= 0.6 is 11.3 Å². The number of alkyl halides is 3. The predicted octanol–water partition coefficient (Wildman–Crippen LogP) is 3.96. The smallest absolute Gasteiger partial charge is 0.294 e. The van der Waals surface area contributed by atoms with E-state index in [1.807, 2.05) is 0 Å². The molecule has 0 saturated carbocycles. The maximum Gasteiger partial charge on any atom is 0.443 e. The highest BCUT2D eigenvalue weighted by Crippen LogP contribution is 2.39. The minimum absolute atomic E-state index is 0.0532. The average Bonchev–Trinajstić information content (AvgIpc) is 2.96. The minimum Gasteiger partial charge on any atom is -0.294 e. The zero-order valence-electron chi connectivity index (χ0n) is 9.62. The Balaban J connectivity index is 2.09. The Bertz CT molecular complexity index is 660. The molecule has 2 aromatic rings. The number of carbonyl (C=O) groups excluding carboxylic acids is 1. The fourth-order valence-corrected chi connectivity index (χ4v) is 3.09. The van der Waals surface area contributed by atoms with Gasteiger partial charge in [-0.15, -0.1) is 11.3 Å². The van der Waals surface area contributed by atoms with E-state index < -0.39 is 11.2 Å². The van der Waals surface area contributed by atoms with Gasteiger partial charge in [-0.2, -0.15) is 13.2 Å². The van der Waals surface area contributed by atoms with Gasteiger partial charge in [-0.3, -0.25) is 4.79 Å². The van der Waals surface area contributed by atoms with Gasteiger partial charge in [0.2, 0.25) is 0 Å². The van der Waals surface area contributed by atoms with E-state index in [2.05, 4.69) is 4.98 Å². The van der Waals surface area contributed by atoms with E-state index in [4.69, 9.17) is 0 Å². The molecule has 98 valence electrons. The first-order valence-corrected chi connectivity index (χ1v) is 6.47. The highest BCUT2D eigenvalue weighted by atomic mass is 32.1.